The number of nitrogens with zero attached hydrogens (tertiary/aromatic N) is 3. The summed E-state index contributed by atoms with van der Waals surface area (Å²) in [6.45, 7) is 1.71. The molecule has 0 radical (unpaired) electrons. The molecule has 0 spiro atoms. The van der Waals surface area contributed by atoms with Gasteiger partial charge in [-0.05, 0) is 31.0 Å². The van der Waals surface area contributed by atoms with Crippen molar-refractivity contribution in [1.82, 2.24) is 10.3 Å². The molecule has 0 saturated carbocycles. The highest BCUT2D eigenvalue weighted by atomic mass is 16.6. The van der Waals surface area contributed by atoms with Crippen LogP contribution < -0.4 is 10.2 Å². The van der Waals surface area contributed by atoms with Crippen LogP contribution in [0.4, 0.5) is 11.5 Å². The van der Waals surface area contributed by atoms with Crippen molar-refractivity contribution in [2.45, 2.75) is 19.4 Å². The van der Waals surface area contributed by atoms with Crippen LogP contribution >= 0.6 is 0 Å². The Morgan fingerprint density at radius 2 is 2.33 bits per heavy atom. The molecule has 8 nitrogen and oxygen atoms in total. The maximum atomic E-state index is 12.3. The smallest absolute Gasteiger partial charge is 0.287 e. The van der Waals surface area contributed by atoms with E-state index in [4.69, 9.17) is 4.42 Å². The van der Waals surface area contributed by atoms with Crippen LogP contribution in [0, 0.1) is 16.0 Å². The molecule has 1 unspecified atom stereocenters. The van der Waals surface area contributed by atoms with E-state index >= 15 is 0 Å². The summed E-state index contributed by atoms with van der Waals surface area (Å²) in [5.41, 5.74) is -0.0384. The highest BCUT2D eigenvalue weighted by Crippen LogP contribution is 2.23. The van der Waals surface area contributed by atoms with Crippen LogP contribution in [0.25, 0.3) is 0 Å². The van der Waals surface area contributed by atoms with Crippen LogP contribution in [-0.2, 0) is 11.3 Å². The number of carbonyl (C=O) groups is 1. The van der Waals surface area contributed by atoms with Gasteiger partial charge in [0.15, 0.2) is 0 Å². The summed E-state index contributed by atoms with van der Waals surface area (Å²) in [4.78, 5) is 28.7. The van der Waals surface area contributed by atoms with Crippen molar-refractivity contribution in [3.63, 3.8) is 0 Å². The van der Waals surface area contributed by atoms with Gasteiger partial charge in [0.05, 0.1) is 23.6 Å². The molecule has 1 amide bonds. The number of aromatic nitrogens is 1. The number of furan rings is 1. The average molecular weight is 330 g/mol. The number of anilines is 1. The molecule has 2 aromatic rings. The number of piperidine rings is 1. The molecule has 0 aliphatic carbocycles. The van der Waals surface area contributed by atoms with Crippen molar-refractivity contribution in [3.8, 4) is 0 Å². The minimum Gasteiger partial charge on any atom is -0.467 e. The van der Waals surface area contributed by atoms with E-state index in [1.54, 1.807) is 18.4 Å². The molecular formula is C16H18N4O4. The quantitative estimate of drug-likeness (QED) is 0.665. The summed E-state index contributed by atoms with van der Waals surface area (Å²) in [7, 11) is 0. The Bertz CT molecular complexity index is 699. The lowest BCUT2D eigenvalue weighted by atomic mass is 9.97. The van der Waals surface area contributed by atoms with E-state index in [9.17, 15) is 14.9 Å². The zero-order valence-corrected chi connectivity index (χ0v) is 13.1. The van der Waals surface area contributed by atoms with Gasteiger partial charge in [-0.3, -0.25) is 14.9 Å². The number of pyridine rings is 1. The predicted molar refractivity (Wildman–Crippen MR) is 86.4 cm³/mol. The van der Waals surface area contributed by atoms with Gasteiger partial charge in [0.2, 0.25) is 5.91 Å². The van der Waals surface area contributed by atoms with Crippen molar-refractivity contribution >= 4 is 17.4 Å². The Morgan fingerprint density at radius 3 is 3.00 bits per heavy atom. The van der Waals surface area contributed by atoms with Gasteiger partial charge in [-0.2, -0.15) is 0 Å². The van der Waals surface area contributed by atoms with E-state index in [2.05, 4.69) is 10.3 Å². The van der Waals surface area contributed by atoms with Gasteiger partial charge in [0.1, 0.15) is 17.8 Å². The van der Waals surface area contributed by atoms with E-state index in [0.29, 0.717) is 24.7 Å². The molecule has 1 atom stereocenters. The number of carbonyl (C=O) groups excluding carboxylic acids is 1. The molecule has 1 aliphatic heterocycles. The fraction of sp³-hybridized carbons (Fsp3) is 0.375. The van der Waals surface area contributed by atoms with Crippen LogP contribution in [0.1, 0.15) is 18.6 Å². The highest BCUT2D eigenvalue weighted by molar-refractivity contribution is 5.79. The van der Waals surface area contributed by atoms with Crippen molar-refractivity contribution < 1.29 is 14.1 Å². The lowest BCUT2D eigenvalue weighted by Gasteiger charge is -2.32. The van der Waals surface area contributed by atoms with Gasteiger partial charge >= 0.3 is 0 Å². The number of rotatable bonds is 5. The third-order valence-corrected chi connectivity index (χ3v) is 4.08. The van der Waals surface area contributed by atoms with E-state index in [1.165, 1.54) is 12.3 Å². The first kappa shape index (κ1) is 16.0. The maximum absolute atomic E-state index is 12.3. The van der Waals surface area contributed by atoms with Gasteiger partial charge in [0.25, 0.3) is 5.69 Å². The second-order valence-corrected chi connectivity index (χ2v) is 5.71. The molecule has 0 bridgehead atoms. The second kappa shape index (κ2) is 7.12. The molecule has 2 aromatic heterocycles. The number of hydrogen-bond acceptors (Lipinski definition) is 6. The van der Waals surface area contributed by atoms with Crippen LogP contribution in [0.5, 0.6) is 0 Å². The monoisotopic (exact) mass is 330 g/mol. The Hall–Kier alpha value is -2.90. The van der Waals surface area contributed by atoms with Crippen LogP contribution in [0.2, 0.25) is 0 Å². The zero-order valence-electron chi connectivity index (χ0n) is 13.1. The fourth-order valence-electron chi connectivity index (χ4n) is 2.80. The van der Waals surface area contributed by atoms with Crippen LogP contribution in [-0.4, -0.2) is 28.9 Å². The normalized spacial score (nSPS) is 17.5. The molecule has 8 heteroatoms. The first-order valence-corrected chi connectivity index (χ1v) is 7.79. The number of hydrogen-bond donors (Lipinski definition) is 1. The Kier molecular flexibility index (Phi) is 4.74. The summed E-state index contributed by atoms with van der Waals surface area (Å²) in [6.07, 6.45) is 4.50. The second-order valence-electron chi connectivity index (χ2n) is 5.71. The van der Waals surface area contributed by atoms with Crippen LogP contribution in [0.15, 0.2) is 41.1 Å². The van der Waals surface area contributed by atoms with E-state index < -0.39 is 4.92 Å². The summed E-state index contributed by atoms with van der Waals surface area (Å²) >= 11 is 0. The summed E-state index contributed by atoms with van der Waals surface area (Å²) in [5.74, 6) is 1.22. The first-order valence-electron chi connectivity index (χ1n) is 7.79. The summed E-state index contributed by atoms with van der Waals surface area (Å²) in [6, 6.07) is 6.66. The van der Waals surface area contributed by atoms with Gasteiger partial charge in [-0.15, -0.1) is 0 Å². The van der Waals surface area contributed by atoms with Gasteiger partial charge in [0, 0.05) is 19.2 Å². The van der Waals surface area contributed by atoms with Crippen molar-refractivity contribution in [1.29, 1.82) is 0 Å². The van der Waals surface area contributed by atoms with E-state index in [-0.39, 0.29) is 17.5 Å². The molecule has 1 fully saturated rings. The molecule has 3 heterocycles. The molecule has 1 saturated heterocycles. The largest absolute Gasteiger partial charge is 0.467 e. The molecule has 24 heavy (non-hydrogen) atoms. The lowest BCUT2D eigenvalue weighted by molar-refractivity contribution is -0.385. The minimum atomic E-state index is -0.474. The topological polar surface area (TPSA) is 102 Å². The Morgan fingerprint density at radius 1 is 1.46 bits per heavy atom. The molecule has 0 aromatic carbocycles. The van der Waals surface area contributed by atoms with Gasteiger partial charge in [-0.1, -0.05) is 0 Å². The number of amides is 1. The van der Waals surface area contributed by atoms with Gasteiger partial charge in [-0.25, -0.2) is 4.98 Å². The number of nitro groups is 1. The highest BCUT2D eigenvalue weighted by Gasteiger charge is 2.26. The van der Waals surface area contributed by atoms with Crippen molar-refractivity contribution in [2.24, 2.45) is 5.92 Å². The Balaban J connectivity index is 1.59. The molecule has 1 aliphatic rings. The lowest BCUT2D eigenvalue weighted by Crippen LogP contribution is -2.43. The number of nitrogens with one attached hydrogen (secondary N) is 1. The van der Waals surface area contributed by atoms with Crippen LogP contribution in [0.3, 0.4) is 0 Å². The molecule has 1 N–H and O–H groups in total. The summed E-state index contributed by atoms with van der Waals surface area (Å²) < 4.78 is 5.20. The maximum Gasteiger partial charge on any atom is 0.287 e. The zero-order chi connectivity index (χ0) is 16.9. The minimum absolute atomic E-state index is 0.0157. The third kappa shape index (κ3) is 3.70. The third-order valence-electron chi connectivity index (χ3n) is 4.08. The van der Waals surface area contributed by atoms with Gasteiger partial charge < -0.3 is 14.6 Å². The fourth-order valence-corrected chi connectivity index (χ4v) is 2.80. The summed E-state index contributed by atoms with van der Waals surface area (Å²) in [5, 5.41) is 13.6. The molecule has 126 valence electrons. The standard InChI is InChI=1S/C16H18N4O4/c21-16(18-10-14-4-2-8-24-14)12-3-1-7-19(11-12)15-6-5-13(9-17-15)20(22)23/h2,4-6,8-9,12H,1,3,7,10-11H2,(H,18,21). The van der Waals surface area contributed by atoms with Crippen molar-refractivity contribution in [2.75, 3.05) is 18.0 Å². The SMILES string of the molecule is O=C(NCc1ccco1)C1CCCN(c2ccc([N+](=O)[O-])cn2)C1. The first-order chi connectivity index (χ1) is 11.6. The Labute approximate surface area is 138 Å². The van der Waals surface area contributed by atoms with E-state index in [0.717, 1.165) is 19.4 Å². The predicted octanol–water partition coefficient (Wildman–Crippen LogP) is 2.12. The molecular weight excluding hydrogens is 312 g/mol. The average Bonchev–Trinajstić information content (AvgIpc) is 3.13. The molecule has 3 rings (SSSR count). The van der Waals surface area contributed by atoms with Crippen molar-refractivity contribution in [3.05, 3.63) is 52.6 Å². The van der Waals surface area contributed by atoms with E-state index in [1.807, 2.05) is 11.0 Å².